The zero-order chi connectivity index (χ0) is 9.56. The molecule has 0 fully saturated rings. The standard InChI is InChI=1S/C7H12N2O3/c1-5(11)9-6(7(8)12)3-2-4-10/h4,6H,2-3H2,1H3,(H2,8,12)(H,9,11)/t6-/m0/s1. The van der Waals surface area contributed by atoms with Crippen LogP contribution in [0, 0.1) is 0 Å². The van der Waals surface area contributed by atoms with E-state index in [-0.39, 0.29) is 18.7 Å². The number of hydrogen-bond acceptors (Lipinski definition) is 3. The van der Waals surface area contributed by atoms with E-state index >= 15 is 0 Å². The SMILES string of the molecule is CC(=O)N[C@@H](CCC=O)C(N)=O. The molecule has 0 bridgehead atoms. The van der Waals surface area contributed by atoms with Gasteiger partial charge in [0.1, 0.15) is 12.3 Å². The van der Waals surface area contributed by atoms with Crippen LogP contribution in [0.3, 0.4) is 0 Å². The minimum atomic E-state index is -0.729. The van der Waals surface area contributed by atoms with Crippen molar-refractivity contribution in [2.75, 3.05) is 0 Å². The second-order valence-corrected chi connectivity index (χ2v) is 2.40. The zero-order valence-electron chi connectivity index (χ0n) is 6.87. The Hall–Kier alpha value is -1.39. The summed E-state index contributed by atoms with van der Waals surface area (Å²) in [6, 6.07) is -0.729. The summed E-state index contributed by atoms with van der Waals surface area (Å²) in [6.45, 7) is 1.29. The molecule has 0 unspecified atom stereocenters. The highest BCUT2D eigenvalue weighted by Gasteiger charge is 2.14. The quantitative estimate of drug-likeness (QED) is 0.519. The first-order valence-corrected chi connectivity index (χ1v) is 3.58. The largest absolute Gasteiger partial charge is 0.368 e. The Bertz CT molecular complexity index is 191. The van der Waals surface area contributed by atoms with Gasteiger partial charge >= 0.3 is 0 Å². The predicted molar refractivity (Wildman–Crippen MR) is 42.1 cm³/mol. The van der Waals surface area contributed by atoms with Gasteiger partial charge in [-0.25, -0.2) is 0 Å². The van der Waals surface area contributed by atoms with Crippen LogP contribution < -0.4 is 11.1 Å². The van der Waals surface area contributed by atoms with Gasteiger partial charge in [-0.05, 0) is 6.42 Å². The van der Waals surface area contributed by atoms with Crippen LogP contribution >= 0.6 is 0 Å². The summed E-state index contributed by atoms with van der Waals surface area (Å²) < 4.78 is 0. The van der Waals surface area contributed by atoms with Gasteiger partial charge in [-0.2, -0.15) is 0 Å². The fourth-order valence-corrected chi connectivity index (χ4v) is 0.766. The maximum Gasteiger partial charge on any atom is 0.240 e. The summed E-state index contributed by atoms with van der Waals surface area (Å²) in [5, 5.41) is 2.34. The lowest BCUT2D eigenvalue weighted by atomic mass is 10.1. The third-order valence-electron chi connectivity index (χ3n) is 1.29. The second kappa shape index (κ2) is 5.29. The molecule has 0 aromatic rings. The Morgan fingerprint density at radius 2 is 2.17 bits per heavy atom. The van der Waals surface area contributed by atoms with Crippen molar-refractivity contribution >= 4 is 18.1 Å². The van der Waals surface area contributed by atoms with Gasteiger partial charge in [0.05, 0.1) is 0 Å². The minimum absolute atomic E-state index is 0.216. The van der Waals surface area contributed by atoms with Crippen LogP contribution in [0.2, 0.25) is 0 Å². The van der Waals surface area contributed by atoms with Crippen LogP contribution in [0.1, 0.15) is 19.8 Å². The molecule has 1 atom stereocenters. The van der Waals surface area contributed by atoms with Gasteiger partial charge in [0.15, 0.2) is 0 Å². The Morgan fingerprint density at radius 1 is 1.58 bits per heavy atom. The zero-order valence-corrected chi connectivity index (χ0v) is 6.87. The van der Waals surface area contributed by atoms with Gasteiger partial charge in [0.25, 0.3) is 0 Å². The molecule has 3 N–H and O–H groups in total. The van der Waals surface area contributed by atoms with Crippen molar-refractivity contribution in [3.8, 4) is 0 Å². The molecule has 0 saturated heterocycles. The van der Waals surface area contributed by atoms with Crippen molar-refractivity contribution in [3.05, 3.63) is 0 Å². The average molecular weight is 172 g/mol. The lowest BCUT2D eigenvalue weighted by Gasteiger charge is -2.11. The molecule has 0 aliphatic rings. The average Bonchev–Trinajstić information content (AvgIpc) is 1.96. The fraction of sp³-hybridized carbons (Fsp3) is 0.571. The van der Waals surface area contributed by atoms with Gasteiger partial charge in [-0.3, -0.25) is 9.59 Å². The molecule has 0 aromatic heterocycles. The van der Waals surface area contributed by atoms with Gasteiger partial charge in [-0.15, -0.1) is 0 Å². The van der Waals surface area contributed by atoms with Crippen molar-refractivity contribution < 1.29 is 14.4 Å². The van der Waals surface area contributed by atoms with E-state index in [0.717, 1.165) is 0 Å². The second-order valence-electron chi connectivity index (χ2n) is 2.40. The molecule has 0 aromatic carbocycles. The summed E-state index contributed by atoms with van der Waals surface area (Å²) in [5.74, 6) is -0.947. The van der Waals surface area contributed by atoms with Crippen LogP contribution in [0.5, 0.6) is 0 Å². The number of carbonyl (C=O) groups excluding carboxylic acids is 3. The molecule has 0 spiro atoms. The summed E-state index contributed by atoms with van der Waals surface area (Å²) in [6.07, 6.45) is 1.16. The van der Waals surface area contributed by atoms with Crippen LogP contribution in [0.25, 0.3) is 0 Å². The summed E-state index contributed by atoms with van der Waals surface area (Å²) >= 11 is 0. The van der Waals surface area contributed by atoms with E-state index in [9.17, 15) is 14.4 Å². The van der Waals surface area contributed by atoms with Crippen LogP contribution in [0.15, 0.2) is 0 Å². The van der Waals surface area contributed by atoms with Crippen molar-refractivity contribution in [3.63, 3.8) is 0 Å². The maximum absolute atomic E-state index is 10.6. The van der Waals surface area contributed by atoms with Crippen molar-refractivity contribution in [1.29, 1.82) is 0 Å². The monoisotopic (exact) mass is 172 g/mol. The number of primary amides is 1. The minimum Gasteiger partial charge on any atom is -0.368 e. The highest BCUT2D eigenvalue weighted by molar-refractivity contribution is 5.85. The summed E-state index contributed by atoms with van der Waals surface area (Å²) in [4.78, 5) is 31.1. The number of nitrogens with one attached hydrogen (secondary N) is 1. The van der Waals surface area contributed by atoms with E-state index in [0.29, 0.717) is 6.29 Å². The third-order valence-corrected chi connectivity index (χ3v) is 1.29. The third kappa shape index (κ3) is 4.43. The van der Waals surface area contributed by atoms with E-state index in [1.807, 2.05) is 0 Å². The van der Waals surface area contributed by atoms with E-state index in [1.165, 1.54) is 6.92 Å². The highest BCUT2D eigenvalue weighted by atomic mass is 16.2. The van der Waals surface area contributed by atoms with Gasteiger partial charge in [0.2, 0.25) is 11.8 Å². The van der Waals surface area contributed by atoms with Gasteiger partial charge in [0, 0.05) is 13.3 Å². The number of rotatable bonds is 5. The predicted octanol–water partition coefficient (Wildman–Crippen LogP) is -1.04. The smallest absolute Gasteiger partial charge is 0.240 e. The molecule has 68 valence electrons. The van der Waals surface area contributed by atoms with Crippen LogP contribution in [-0.2, 0) is 14.4 Å². The van der Waals surface area contributed by atoms with Gasteiger partial charge in [-0.1, -0.05) is 0 Å². The summed E-state index contributed by atoms with van der Waals surface area (Å²) in [7, 11) is 0. The molecule has 0 saturated carbocycles. The first kappa shape index (κ1) is 10.6. The first-order valence-electron chi connectivity index (χ1n) is 3.58. The van der Waals surface area contributed by atoms with Gasteiger partial charge < -0.3 is 15.8 Å². The van der Waals surface area contributed by atoms with E-state index in [1.54, 1.807) is 0 Å². The van der Waals surface area contributed by atoms with E-state index in [4.69, 9.17) is 5.73 Å². The first-order chi connectivity index (χ1) is 5.57. The number of amides is 2. The number of aldehydes is 1. The van der Waals surface area contributed by atoms with E-state index in [2.05, 4.69) is 5.32 Å². The molecule has 0 aliphatic carbocycles. The molecule has 5 heteroatoms. The topological polar surface area (TPSA) is 89.3 Å². The Labute approximate surface area is 70.3 Å². The van der Waals surface area contributed by atoms with E-state index < -0.39 is 11.9 Å². The number of hydrogen-bond donors (Lipinski definition) is 2. The summed E-state index contributed by atoms with van der Waals surface area (Å²) in [5.41, 5.74) is 4.96. The Balaban J connectivity index is 3.94. The molecule has 0 heterocycles. The number of carbonyl (C=O) groups is 3. The molecule has 12 heavy (non-hydrogen) atoms. The van der Waals surface area contributed by atoms with Crippen LogP contribution in [0.4, 0.5) is 0 Å². The lowest BCUT2D eigenvalue weighted by molar-refractivity contribution is -0.126. The fourth-order valence-electron chi connectivity index (χ4n) is 0.766. The molecule has 0 rings (SSSR count). The normalized spacial score (nSPS) is 11.8. The Kier molecular flexibility index (Phi) is 4.67. The van der Waals surface area contributed by atoms with Crippen molar-refractivity contribution in [1.82, 2.24) is 5.32 Å². The van der Waals surface area contributed by atoms with Crippen molar-refractivity contribution in [2.24, 2.45) is 5.73 Å². The molecule has 2 amide bonds. The molecular weight excluding hydrogens is 160 g/mol. The molecule has 0 radical (unpaired) electrons. The highest BCUT2D eigenvalue weighted by Crippen LogP contribution is 1.93. The van der Waals surface area contributed by atoms with Crippen molar-refractivity contribution in [2.45, 2.75) is 25.8 Å². The Morgan fingerprint density at radius 3 is 2.50 bits per heavy atom. The lowest BCUT2D eigenvalue weighted by Crippen LogP contribution is -2.43. The number of nitrogens with two attached hydrogens (primary N) is 1. The molecule has 0 aliphatic heterocycles. The molecular formula is C7H12N2O3. The van der Waals surface area contributed by atoms with Crippen LogP contribution in [-0.4, -0.2) is 24.1 Å². The molecule has 5 nitrogen and oxygen atoms in total. The maximum atomic E-state index is 10.6.